The number of amides is 1. The fourth-order valence-corrected chi connectivity index (χ4v) is 3.11. The molecule has 0 aliphatic carbocycles. The van der Waals surface area contributed by atoms with Gasteiger partial charge in [0.2, 0.25) is 5.91 Å². The predicted octanol–water partition coefficient (Wildman–Crippen LogP) is 1.82. The molecule has 1 amide bonds. The molecule has 3 N–H and O–H groups in total. The number of ether oxygens (including phenoxy) is 1. The van der Waals surface area contributed by atoms with Crippen molar-refractivity contribution in [3.05, 3.63) is 11.1 Å². The Morgan fingerprint density at radius 3 is 2.86 bits per heavy atom. The number of hydrogen-bond donors (Lipinski definition) is 2. The second kappa shape index (κ2) is 9.89. The Hall–Kier alpha value is -1.02. The molecule has 1 aromatic heterocycles. The molecule has 2 heterocycles. The highest BCUT2D eigenvalue weighted by molar-refractivity contribution is 7.13. The minimum Gasteiger partial charge on any atom is -0.379 e. The number of unbranched alkanes of at least 4 members (excludes halogenated alkanes) is 3. The summed E-state index contributed by atoms with van der Waals surface area (Å²) in [5, 5.41) is 5.62. The number of carbonyl (C=O) groups is 1. The number of carbonyl (C=O) groups excluding carboxylic acids is 1. The Balaban J connectivity index is 1.66. The van der Waals surface area contributed by atoms with Gasteiger partial charge in [-0.25, -0.2) is 4.98 Å². The third-order valence-electron chi connectivity index (χ3n) is 3.65. The molecule has 1 aromatic rings. The molecule has 0 bridgehead atoms. The number of morpholine rings is 1. The molecule has 0 aromatic carbocycles. The van der Waals surface area contributed by atoms with Gasteiger partial charge >= 0.3 is 0 Å². The number of rotatable bonds is 9. The van der Waals surface area contributed by atoms with Crippen LogP contribution < -0.4 is 11.1 Å². The summed E-state index contributed by atoms with van der Waals surface area (Å²) < 4.78 is 5.33. The van der Waals surface area contributed by atoms with Gasteiger partial charge in [-0.1, -0.05) is 12.8 Å². The Kier molecular flexibility index (Phi) is 7.79. The molecule has 22 heavy (non-hydrogen) atoms. The van der Waals surface area contributed by atoms with Gasteiger partial charge in [-0.3, -0.25) is 9.69 Å². The third kappa shape index (κ3) is 6.39. The number of nitrogens with two attached hydrogens (primary N) is 1. The van der Waals surface area contributed by atoms with Crippen LogP contribution in [0.1, 0.15) is 37.8 Å². The van der Waals surface area contributed by atoms with E-state index in [2.05, 4.69) is 15.2 Å². The summed E-state index contributed by atoms with van der Waals surface area (Å²) in [5.74, 6) is 0.0556. The monoisotopic (exact) mass is 326 g/mol. The Morgan fingerprint density at radius 1 is 1.32 bits per heavy atom. The fourth-order valence-electron chi connectivity index (χ4n) is 2.39. The summed E-state index contributed by atoms with van der Waals surface area (Å²) in [5.41, 5.74) is 6.46. The average molecular weight is 326 g/mol. The maximum absolute atomic E-state index is 11.8. The van der Waals surface area contributed by atoms with Crippen molar-refractivity contribution < 1.29 is 9.53 Å². The predicted molar refractivity (Wildman–Crippen MR) is 89.0 cm³/mol. The molecule has 7 heteroatoms. The van der Waals surface area contributed by atoms with Crippen LogP contribution in [0.15, 0.2) is 5.38 Å². The van der Waals surface area contributed by atoms with Crippen molar-refractivity contribution in [3.63, 3.8) is 0 Å². The molecule has 124 valence electrons. The Morgan fingerprint density at radius 2 is 2.09 bits per heavy atom. The zero-order valence-electron chi connectivity index (χ0n) is 13.1. The van der Waals surface area contributed by atoms with Gasteiger partial charge in [0.15, 0.2) is 5.13 Å². The smallest absolute Gasteiger partial charge is 0.226 e. The fraction of sp³-hybridized carbons (Fsp3) is 0.733. The largest absolute Gasteiger partial charge is 0.379 e. The highest BCUT2D eigenvalue weighted by atomic mass is 32.1. The maximum Gasteiger partial charge on any atom is 0.226 e. The highest BCUT2D eigenvalue weighted by Gasteiger charge is 2.13. The lowest BCUT2D eigenvalue weighted by atomic mass is 10.1. The normalized spacial score (nSPS) is 15.9. The van der Waals surface area contributed by atoms with Crippen molar-refractivity contribution in [2.24, 2.45) is 5.73 Å². The molecule has 1 aliphatic heterocycles. The van der Waals surface area contributed by atoms with Crippen LogP contribution in [-0.4, -0.2) is 48.6 Å². The highest BCUT2D eigenvalue weighted by Crippen LogP contribution is 2.18. The molecule has 0 atom stereocenters. The summed E-state index contributed by atoms with van der Waals surface area (Å²) in [6.07, 6.45) is 4.68. The van der Waals surface area contributed by atoms with Crippen molar-refractivity contribution >= 4 is 22.4 Å². The second-order valence-corrected chi connectivity index (χ2v) is 6.39. The van der Waals surface area contributed by atoms with E-state index in [0.29, 0.717) is 11.6 Å². The second-order valence-electron chi connectivity index (χ2n) is 5.53. The summed E-state index contributed by atoms with van der Waals surface area (Å²) >= 11 is 1.50. The van der Waals surface area contributed by atoms with Crippen molar-refractivity contribution in [2.45, 2.75) is 38.6 Å². The van der Waals surface area contributed by atoms with Crippen molar-refractivity contribution in [1.29, 1.82) is 0 Å². The number of hydrogen-bond acceptors (Lipinski definition) is 6. The third-order valence-corrected chi connectivity index (χ3v) is 4.45. The first-order valence-electron chi connectivity index (χ1n) is 8.02. The number of nitrogens with one attached hydrogen (secondary N) is 1. The van der Waals surface area contributed by atoms with Gasteiger partial charge in [0.25, 0.3) is 0 Å². The van der Waals surface area contributed by atoms with Crippen LogP contribution in [0.4, 0.5) is 5.13 Å². The van der Waals surface area contributed by atoms with E-state index in [9.17, 15) is 4.79 Å². The van der Waals surface area contributed by atoms with Crippen molar-refractivity contribution in [3.8, 4) is 0 Å². The molecular weight excluding hydrogens is 300 g/mol. The van der Waals surface area contributed by atoms with E-state index in [1.54, 1.807) is 0 Å². The average Bonchev–Trinajstić information content (AvgIpc) is 2.95. The first-order valence-corrected chi connectivity index (χ1v) is 8.90. The van der Waals surface area contributed by atoms with E-state index in [1.165, 1.54) is 11.3 Å². The molecule has 1 fully saturated rings. The molecule has 0 radical (unpaired) electrons. The van der Waals surface area contributed by atoms with Gasteiger partial charge in [0.05, 0.1) is 18.9 Å². The van der Waals surface area contributed by atoms with Crippen LogP contribution in [0.3, 0.4) is 0 Å². The molecule has 1 aliphatic rings. The Bertz CT molecular complexity index is 447. The van der Waals surface area contributed by atoms with Crippen LogP contribution in [-0.2, 0) is 16.1 Å². The summed E-state index contributed by atoms with van der Waals surface area (Å²) in [6.45, 7) is 5.03. The van der Waals surface area contributed by atoms with Gasteiger partial charge in [-0.15, -0.1) is 11.3 Å². The molecule has 0 spiro atoms. The van der Waals surface area contributed by atoms with E-state index in [-0.39, 0.29) is 5.91 Å². The molecule has 2 rings (SSSR count). The number of aromatic nitrogens is 1. The van der Waals surface area contributed by atoms with Crippen LogP contribution in [0.2, 0.25) is 0 Å². The van der Waals surface area contributed by atoms with Crippen LogP contribution >= 0.6 is 11.3 Å². The van der Waals surface area contributed by atoms with Crippen LogP contribution in [0, 0.1) is 0 Å². The zero-order valence-corrected chi connectivity index (χ0v) is 13.9. The van der Waals surface area contributed by atoms with Crippen molar-refractivity contribution in [2.75, 3.05) is 38.2 Å². The number of anilines is 1. The van der Waals surface area contributed by atoms with Crippen LogP contribution in [0.25, 0.3) is 0 Å². The van der Waals surface area contributed by atoms with Gasteiger partial charge < -0.3 is 15.8 Å². The number of nitrogens with zero attached hydrogens (tertiary/aromatic N) is 2. The lowest BCUT2D eigenvalue weighted by Gasteiger charge is -2.25. The SMILES string of the molecule is NCCCCCCC(=O)Nc1nc(CN2CCOCC2)cs1. The zero-order chi connectivity index (χ0) is 15.6. The van der Waals surface area contributed by atoms with Gasteiger partial charge in [-0.05, 0) is 19.4 Å². The Labute approximate surface area is 136 Å². The van der Waals surface area contributed by atoms with Gasteiger partial charge in [0.1, 0.15) is 0 Å². The van der Waals surface area contributed by atoms with E-state index < -0.39 is 0 Å². The standard InChI is InChI=1S/C15H26N4O2S/c16-6-4-2-1-3-5-14(20)18-15-17-13(12-22-15)11-19-7-9-21-10-8-19/h12H,1-11,16H2,(H,17,18,20). The first-order chi connectivity index (χ1) is 10.8. The quantitative estimate of drug-likeness (QED) is 0.677. The van der Waals surface area contributed by atoms with Crippen LogP contribution in [0.5, 0.6) is 0 Å². The van der Waals surface area contributed by atoms with E-state index >= 15 is 0 Å². The molecule has 0 saturated carbocycles. The lowest BCUT2D eigenvalue weighted by molar-refractivity contribution is -0.116. The molecule has 0 unspecified atom stereocenters. The van der Waals surface area contributed by atoms with E-state index in [1.807, 2.05) is 5.38 Å². The number of thiazole rings is 1. The topological polar surface area (TPSA) is 80.5 Å². The minimum absolute atomic E-state index is 0.0556. The first kappa shape index (κ1) is 17.3. The van der Waals surface area contributed by atoms with Gasteiger partial charge in [0, 0.05) is 31.4 Å². The summed E-state index contributed by atoms with van der Waals surface area (Å²) in [6, 6.07) is 0. The maximum atomic E-state index is 11.8. The summed E-state index contributed by atoms with van der Waals surface area (Å²) in [7, 11) is 0. The summed E-state index contributed by atoms with van der Waals surface area (Å²) in [4.78, 5) is 18.7. The molecular formula is C15H26N4O2S. The lowest BCUT2D eigenvalue weighted by Crippen LogP contribution is -2.35. The van der Waals surface area contributed by atoms with E-state index in [4.69, 9.17) is 10.5 Å². The molecule has 6 nitrogen and oxygen atoms in total. The molecule has 1 saturated heterocycles. The minimum atomic E-state index is 0.0556. The van der Waals surface area contributed by atoms with Crippen molar-refractivity contribution in [1.82, 2.24) is 9.88 Å². The van der Waals surface area contributed by atoms with Gasteiger partial charge in [-0.2, -0.15) is 0 Å². The van der Waals surface area contributed by atoms with E-state index in [0.717, 1.165) is 70.8 Å².